The van der Waals surface area contributed by atoms with Gasteiger partial charge < -0.3 is 10.4 Å². The number of nitrogens with zero attached hydrogens (tertiary/aromatic N) is 1. The minimum Gasteiger partial charge on any atom is -0.481 e. The molecule has 2 aromatic carbocycles. The van der Waals surface area contributed by atoms with E-state index in [9.17, 15) is 9.59 Å². The van der Waals surface area contributed by atoms with Gasteiger partial charge in [-0.15, -0.1) is 0 Å². The molecule has 2 N–H and O–H groups in total. The number of carbonyl (C=O) groups is 2. The molecule has 2 aromatic rings. The molecule has 188 valence electrons. The Kier molecular flexibility index (Phi) is 8.32. The lowest BCUT2D eigenvalue weighted by atomic mass is 9.77. The zero-order chi connectivity index (χ0) is 25.7. The molecule has 1 saturated carbocycles. The number of rotatable bonds is 7. The van der Waals surface area contributed by atoms with Gasteiger partial charge in [0.25, 0.3) is 0 Å². The molecule has 1 fully saturated rings. The number of urea groups is 1. The van der Waals surface area contributed by atoms with E-state index in [0.29, 0.717) is 35.5 Å². The number of hydrogen-bond donors (Lipinski definition) is 2. The van der Waals surface area contributed by atoms with Crippen molar-refractivity contribution in [3.63, 3.8) is 0 Å². The third-order valence-corrected chi connectivity index (χ3v) is 7.58. The second kappa shape index (κ2) is 11.6. The maximum atomic E-state index is 12.8. The third-order valence-electron chi connectivity index (χ3n) is 7.23. The first-order valence-corrected chi connectivity index (χ1v) is 12.9. The van der Waals surface area contributed by atoms with Crippen LogP contribution in [-0.2, 0) is 11.2 Å². The SMILES string of the molecule is C=C(NC(=O)N1CCc2cc(-c3ccc(C4CCC(CC(=O)O)CC4)cc3)ccc21)C(Cl)=CC=CC. The summed E-state index contributed by atoms with van der Waals surface area (Å²) in [6, 6.07) is 14.8. The molecule has 5 nitrogen and oxygen atoms in total. The number of anilines is 1. The number of hydrogen-bond acceptors (Lipinski definition) is 2. The van der Waals surface area contributed by atoms with Crippen molar-refractivity contribution in [3.05, 3.63) is 89.1 Å². The lowest BCUT2D eigenvalue weighted by Gasteiger charge is -2.28. The molecule has 0 radical (unpaired) electrons. The van der Waals surface area contributed by atoms with Gasteiger partial charge in [-0.3, -0.25) is 9.69 Å². The highest BCUT2D eigenvalue weighted by Gasteiger charge is 2.26. The smallest absolute Gasteiger partial charge is 0.326 e. The van der Waals surface area contributed by atoms with E-state index in [4.69, 9.17) is 16.7 Å². The van der Waals surface area contributed by atoms with Gasteiger partial charge in [-0.2, -0.15) is 0 Å². The Labute approximate surface area is 218 Å². The van der Waals surface area contributed by atoms with Crippen molar-refractivity contribution in [2.45, 2.75) is 51.4 Å². The van der Waals surface area contributed by atoms with E-state index in [-0.39, 0.29) is 6.03 Å². The minimum atomic E-state index is -0.687. The summed E-state index contributed by atoms with van der Waals surface area (Å²) in [5.41, 5.74) is 6.05. The molecule has 1 aliphatic heterocycles. The lowest BCUT2D eigenvalue weighted by molar-refractivity contribution is -0.138. The maximum Gasteiger partial charge on any atom is 0.326 e. The highest BCUT2D eigenvalue weighted by molar-refractivity contribution is 6.32. The van der Waals surface area contributed by atoms with E-state index >= 15 is 0 Å². The molecular weight excluding hydrogens is 472 g/mol. The molecular formula is C30H33ClN2O3. The monoisotopic (exact) mass is 504 g/mol. The highest BCUT2D eigenvalue weighted by Crippen LogP contribution is 2.38. The Balaban J connectivity index is 1.39. The number of amides is 2. The van der Waals surface area contributed by atoms with Crippen LogP contribution < -0.4 is 10.2 Å². The van der Waals surface area contributed by atoms with Crippen LogP contribution in [0.25, 0.3) is 11.1 Å². The summed E-state index contributed by atoms with van der Waals surface area (Å²) < 4.78 is 0. The van der Waals surface area contributed by atoms with E-state index in [1.165, 1.54) is 5.56 Å². The largest absolute Gasteiger partial charge is 0.481 e. The fourth-order valence-electron chi connectivity index (χ4n) is 5.22. The van der Waals surface area contributed by atoms with Crippen LogP contribution in [0, 0.1) is 5.92 Å². The van der Waals surface area contributed by atoms with Crippen molar-refractivity contribution in [3.8, 4) is 11.1 Å². The van der Waals surface area contributed by atoms with Crippen LogP contribution in [0.15, 0.2) is 78.0 Å². The zero-order valence-corrected chi connectivity index (χ0v) is 21.4. The van der Waals surface area contributed by atoms with Crippen LogP contribution in [0.3, 0.4) is 0 Å². The van der Waals surface area contributed by atoms with Crippen molar-refractivity contribution in [1.29, 1.82) is 0 Å². The Morgan fingerprint density at radius 2 is 1.81 bits per heavy atom. The number of carboxylic acid groups (broad SMARTS) is 1. The minimum absolute atomic E-state index is 0.235. The van der Waals surface area contributed by atoms with Crippen LogP contribution in [0.4, 0.5) is 10.5 Å². The second-order valence-electron chi connectivity index (χ2n) is 9.63. The molecule has 1 aliphatic carbocycles. The number of carboxylic acids is 1. The van der Waals surface area contributed by atoms with Crippen LogP contribution in [-0.4, -0.2) is 23.7 Å². The maximum absolute atomic E-state index is 12.8. The quantitative estimate of drug-likeness (QED) is 0.386. The first-order chi connectivity index (χ1) is 17.4. The lowest BCUT2D eigenvalue weighted by Crippen LogP contribution is -2.38. The summed E-state index contributed by atoms with van der Waals surface area (Å²) in [5.74, 6) is 0.135. The van der Waals surface area contributed by atoms with E-state index in [2.05, 4.69) is 48.3 Å². The number of fused-ring (bicyclic) bond motifs is 1. The highest BCUT2D eigenvalue weighted by atomic mass is 35.5. The molecule has 4 rings (SSSR count). The molecule has 2 amide bonds. The molecule has 1 heterocycles. The number of aliphatic carboxylic acids is 1. The number of allylic oxidation sites excluding steroid dienone is 4. The first kappa shape index (κ1) is 25.8. The number of halogens is 1. The van der Waals surface area contributed by atoms with Crippen LogP contribution in [0.2, 0.25) is 0 Å². The second-order valence-corrected chi connectivity index (χ2v) is 10.0. The molecule has 0 aromatic heterocycles. The Bertz CT molecular complexity index is 1190. The van der Waals surface area contributed by atoms with Crippen molar-refractivity contribution in [2.24, 2.45) is 5.92 Å². The topological polar surface area (TPSA) is 69.6 Å². The number of benzene rings is 2. The molecule has 6 heteroatoms. The average Bonchev–Trinajstić information content (AvgIpc) is 3.31. The first-order valence-electron chi connectivity index (χ1n) is 12.6. The van der Waals surface area contributed by atoms with Gasteiger partial charge in [-0.1, -0.05) is 60.7 Å². The summed E-state index contributed by atoms with van der Waals surface area (Å²) in [6.45, 7) is 6.37. The van der Waals surface area contributed by atoms with E-state index in [1.807, 2.05) is 19.1 Å². The average molecular weight is 505 g/mol. The summed E-state index contributed by atoms with van der Waals surface area (Å²) in [7, 11) is 0. The van der Waals surface area contributed by atoms with Gasteiger partial charge in [0.15, 0.2) is 0 Å². The van der Waals surface area contributed by atoms with Gasteiger partial charge in [0.1, 0.15) is 0 Å². The molecule has 0 atom stereocenters. The van der Waals surface area contributed by atoms with Gasteiger partial charge in [0.05, 0.1) is 10.7 Å². The summed E-state index contributed by atoms with van der Waals surface area (Å²) >= 11 is 6.19. The van der Waals surface area contributed by atoms with Crippen LogP contribution in [0.1, 0.15) is 56.1 Å². The van der Waals surface area contributed by atoms with Gasteiger partial charge in [-0.25, -0.2) is 4.79 Å². The standard InChI is InChI=1S/C30H33ClN2O3/c1-3-4-5-27(31)20(2)32-30(36)33-17-16-26-19-25(14-15-28(26)33)24-12-10-23(11-13-24)22-8-6-21(7-9-22)18-29(34)35/h3-5,10-15,19,21-22H,2,6-9,16-18H2,1H3,(H,32,36)(H,34,35). The summed E-state index contributed by atoms with van der Waals surface area (Å²) in [5, 5.41) is 12.2. The summed E-state index contributed by atoms with van der Waals surface area (Å²) in [6.07, 6.45) is 10.5. The fraction of sp³-hybridized carbons (Fsp3) is 0.333. The molecule has 36 heavy (non-hydrogen) atoms. The fourth-order valence-corrected chi connectivity index (χ4v) is 5.34. The van der Waals surface area contributed by atoms with Crippen molar-refractivity contribution in [2.75, 3.05) is 11.4 Å². The number of nitrogens with one attached hydrogen (secondary N) is 1. The van der Waals surface area contributed by atoms with Gasteiger partial charge >= 0.3 is 12.0 Å². The number of carbonyl (C=O) groups excluding carboxylic acids is 1. The van der Waals surface area contributed by atoms with Crippen LogP contribution in [0.5, 0.6) is 0 Å². The predicted octanol–water partition coefficient (Wildman–Crippen LogP) is 7.39. The molecule has 0 spiro atoms. The van der Waals surface area contributed by atoms with Gasteiger partial charge in [0, 0.05) is 18.7 Å². The van der Waals surface area contributed by atoms with Crippen molar-refractivity contribution in [1.82, 2.24) is 5.32 Å². The third kappa shape index (κ3) is 6.08. The Morgan fingerprint density at radius 1 is 1.11 bits per heavy atom. The molecule has 0 bridgehead atoms. The Morgan fingerprint density at radius 3 is 2.47 bits per heavy atom. The Hall–Kier alpha value is -3.31. The predicted molar refractivity (Wildman–Crippen MR) is 146 cm³/mol. The molecule has 0 saturated heterocycles. The molecule has 2 aliphatic rings. The van der Waals surface area contributed by atoms with E-state index < -0.39 is 5.97 Å². The van der Waals surface area contributed by atoms with Crippen molar-refractivity contribution < 1.29 is 14.7 Å². The van der Waals surface area contributed by atoms with Gasteiger partial charge in [-0.05, 0) is 91.3 Å². The van der Waals surface area contributed by atoms with E-state index in [0.717, 1.165) is 54.5 Å². The van der Waals surface area contributed by atoms with Crippen LogP contribution >= 0.6 is 11.6 Å². The molecule has 0 unspecified atom stereocenters. The summed E-state index contributed by atoms with van der Waals surface area (Å²) in [4.78, 5) is 25.5. The zero-order valence-electron chi connectivity index (χ0n) is 20.7. The van der Waals surface area contributed by atoms with Gasteiger partial charge in [0.2, 0.25) is 0 Å². The van der Waals surface area contributed by atoms with Crippen molar-refractivity contribution >= 4 is 29.3 Å². The normalized spacial score (nSPS) is 19.8. The van der Waals surface area contributed by atoms with E-state index in [1.54, 1.807) is 17.1 Å².